The molecule has 0 bridgehead atoms. The van der Waals surface area contributed by atoms with Crippen LogP contribution in [0.15, 0.2) is 45.3 Å². The van der Waals surface area contributed by atoms with Gasteiger partial charge >= 0.3 is 0 Å². The maximum Gasteiger partial charge on any atom is 0.142 e. The van der Waals surface area contributed by atoms with Crippen LogP contribution in [0.3, 0.4) is 0 Å². The molecule has 2 rings (SSSR count). The second kappa shape index (κ2) is 6.59. The Hall–Kier alpha value is -0.780. The molecule has 19 heavy (non-hydrogen) atoms. The van der Waals surface area contributed by atoms with E-state index in [0.717, 1.165) is 0 Å². The molecule has 0 aromatic heterocycles. The lowest BCUT2D eigenvalue weighted by Gasteiger charge is -2.08. The van der Waals surface area contributed by atoms with Gasteiger partial charge in [0.25, 0.3) is 0 Å². The highest BCUT2D eigenvalue weighted by Crippen LogP contribution is 2.21. The molecule has 0 fully saturated rings. The summed E-state index contributed by atoms with van der Waals surface area (Å²) in [4.78, 5) is 0. The number of halogens is 4. The molecule has 2 aromatic rings. The van der Waals surface area contributed by atoms with E-state index in [4.69, 9.17) is 4.74 Å². The molecule has 2 aromatic carbocycles. The zero-order valence-corrected chi connectivity index (χ0v) is 13.0. The first-order valence-electron chi connectivity index (χ1n) is 5.53. The first kappa shape index (κ1) is 14.6. The highest BCUT2D eigenvalue weighted by molar-refractivity contribution is 9.10. The summed E-state index contributed by atoms with van der Waals surface area (Å²) in [6.07, 6.45) is 0. The van der Waals surface area contributed by atoms with Gasteiger partial charge in [-0.3, -0.25) is 0 Å². The Labute approximate surface area is 126 Å². The van der Waals surface area contributed by atoms with Gasteiger partial charge in [-0.25, -0.2) is 8.78 Å². The summed E-state index contributed by atoms with van der Waals surface area (Å²) in [6.45, 7) is 0.189. The van der Waals surface area contributed by atoms with E-state index < -0.39 is 0 Å². The van der Waals surface area contributed by atoms with E-state index in [2.05, 4.69) is 31.9 Å². The predicted octanol–water partition coefficient (Wildman–Crippen LogP) is 5.21. The third-order valence-corrected chi connectivity index (χ3v) is 3.80. The van der Waals surface area contributed by atoms with Crippen LogP contribution < -0.4 is 0 Å². The topological polar surface area (TPSA) is 9.23 Å². The number of ether oxygens (including phenoxy) is 1. The minimum atomic E-state index is -0.350. The van der Waals surface area contributed by atoms with Gasteiger partial charge in [-0.1, -0.05) is 24.3 Å². The van der Waals surface area contributed by atoms with Gasteiger partial charge < -0.3 is 4.74 Å². The second-order valence-electron chi connectivity index (χ2n) is 3.92. The summed E-state index contributed by atoms with van der Waals surface area (Å²) in [5, 5.41) is 0. The maximum absolute atomic E-state index is 13.7. The molecule has 1 nitrogen and oxygen atoms in total. The second-order valence-corrected chi connectivity index (χ2v) is 5.63. The van der Waals surface area contributed by atoms with Crippen molar-refractivity contribution in [2.75, 3.05) is 0 Å². The summed E-state index contributed by atoms with van der Waals surface area (Å²) in [5.41, 5.74) is 0.870. The molecule has 0 heterocycles. The van der Waals surface area contributed by atoms with Crippen LogP contribution in [0.5, 0.6) is 0 Å². The molecule has 0 aliphatic heterocycles. The van der Waals surface area contributed by atoms with E-state index in [0.29, 0.717) is 20.1 Å². The van der Waals surface area contributed by atoms with Crippen molar-refractivity contribution in [2.45, 2.75) is 13.2 Å². The Bertz CT molecular complexity index is 536. The van der Waals surface area contributed by atoms with Crippen LogP contribution in [0.25, 0.3) is 0 Å². The smallest absolute Gasteiger partial charge is 0.142 e. The van der Waals surface area contributed by atoms with Crippen molar-refractivity contribution in [1.29, 1.82) is 0 Å². The summed E-state index contributed by atoms with van der Waals surface area (Å²) in [7, 11) is 0. The van der Waals surface area contributed by atoms with E-state index in [1.807, 2.05) is 0 Å². The third-order valence-electron chi connectivity index (χ3n) is 2.58. The van der Waals surface area contributed by atoms with Crippen molar-refractivity contribution < 1.29 is 13.5 Å². The van der Waals surface area contributed by atoms with Gasteiger partial charge in [-0.15, -0.1) is 0 Å². The van der Waals surface area contributed by atoms with Crippen LogP contribution in [-0.4, -0.2) is 0 Å². The predicted molar refractivity (Wildman–Crippen MR) is 76.7 cm³/mol. The average Bonchev–Trinajstić information content (AvgIpc) is 2.39. The van der Waals surface area contributed by atoms with E-state index in [9.17, 15) is 8.78 Å². The fourth-order valence-electron chi connectivity index (χ4n) is 1.59. The SMILES string of the molecule is Fc1c(Br)cccc1COCc1cccc(Br)c1F. The first-order valence-corrected chi connectivity index (χ1v) is 7.11. The molecule has 0 amide bonds. The van der Waals surface area contributed by atoms with Gasteiger partial charge in [0.15, 0.2) is 0 Å². The van der Waals surface area contributed by atoms with Crippen LogP contribution in [0.1, 0.15) is 11.1 Å². The molecule has 0 unspecified atom stereocenters. The number of hydrogen-bond acceptors (Lipinski definition) is 1. The molecule has 0 atom stereocenters. The van der Waals surface area contributed by atoms with Crippen LogP contribution in [0.4, 0.5) is 8.78 Å². The highest BCUT2D eigenvalue weighted by Gasteiger charge is 2.08. The molecule has 5 heteroatoms. The lowest BCUT2D eigenvalue weighted by molar-refractivity contribution is 0.102. The summed E-state index contributed by atoms with van der Waals surface area (Å²) < 4.78 is 33.5. The van der Waals surface area contributed by atoms with Crippen molar-refractivity contribution >= 4 is 31.9 Å². The van der Waals surface area contributed by atoms with E-state index in [1.54, 1.807) is 36.4 Å². The van der Waals surface area contributed by atoms with Crippen LogP contribution in [0.2, 0.25) is 0 Å². The standard InChI is InChI=1S/C14H10Br2F2O/c15-11-5-1-3-9(13(11)17)7-19-8-10-4-2-6-12(16)14(10)18/h1-6H,7-8H2. The Morgan fingerprint density at radius 1 is 0.789 bits per heavy atom. The van der Waals surface area contributed by atoms with Gasteiger partial charge in [-0.2, -0.15) is 0 Å². The van der Waals surface area contributed by atoms with Gasteiger partial charge in [-0.05, 0) is 44.0 Å². The lowest BCUT2D eigenvalue weighted by atomic mass is 10.2. The third kappa shape index (κ3) is 3.61. The monoisotopic (exact) mass is 390 g/mol. The summed E-state index contributed by atoms with van der Waals surface area (Å²) in [5.74, 6) is -0.700. The molecule has 0 radical (unpaired) electrons. The van der Waals surface area contributed by atoms with Gasteiger partial charge in [0.05, 0.1) is 22.2 Å². The van der Waals surface area contributed by atoms with Crippen molar-refractivity contribution in [3.8, 4) is 0 Å². The minimum absolute atomic E-state index is 0.0945. The molecule has 100 valence electrons. The van der Waals surface area contributed by atoms with E-state index >= 15 is 0 Å². The Balaban J connectivity index is 2.00. The Kier molecular flexibility index (Phi) is 5.07. The minimum Gasteiger partial charge on any atom is -0.372 e. The first-order chi connectivity index (χ1) is 9.09. The van der Waals surface area contributed by atoms with Crippen molar-refractivity contribution in [3.63, 3.8) is 0 Å². The van der Waals surface area contributed by atoms with Crippen molar-refractivity contribution in [3.05, 3.63) is 68.1 Å². The quantitative estimate of drug-likeness (QED) is 0.695. The fourth-order valence-corrected chi connectivity index (χ4v) is 2.41. The lowest BCUT2D eigenvalue weighted by Crippen LogP contribution is -1.99. The average molecular weight is 392 g/mol. The van der Waals surface area contributed by atoms with Gasteiger partial charge in [0.1, 0.15) is 11.6 Å². The molecule has 0 spiro atoms. The summed E-state index contributed by atoms with van der Waals surface area (Å²) >= 11 is 6.21. The molecule has 0 saturated heterocycles. The Morgan fingerprint density at radius 2 is 1.21 bits per heavy atom. The molecular weight excluding hydrogens is 382 g/mol. The Morgan fingerprint density at radius 3 is 1.63 bits per heavy atom. The van der Waals surface area contributed by atoms with Gasteiger partial charge in [0.2, 0.25) is 0 Å². The van der Waals surface area contributed by atoms with Gasteiger partial charge in [0, 0.05) is 11.1 Å². The van der Waals surface area contributed by atoms with Crippen LogP contribution in [-0.2, 0) is 18.0 Å². The molecule has 0 aliphatic rings. The van der Waals surface area contributed by atoms with Crippen molar-refractivity contribution in [1.82, 2.24) is 0 Å². The molecule has 0 N–H and O–H groups in total. The zero-order chi connectivity index (χ0) is 13.8. The number of hydrogen-bond donors (Lipinski definition) is 0. The van der Waals surface area contributed by atoms with E-state index in [-0.39, 0.29) is 24.8 Å². The van der Waals surface area contributed by atoms with Crippen LogP contribution in [0, 0.1) is 11.6 Å². The normalized spacial score (nSPS) is 10.7. The van der Waals surface area contributed by atoms with Crippen molar-refractivity contribution in [2.24, 2.45) is 0 Å². The number of benzene rings is 2. The largest absolute Gasteiger partial charge is 0.372 e. The van der Waals surface area contributed by atoms with Crippen LogP contribution >= 0.6 is 31.9 Å². The molecular formula is C14H10Br2F2O. The molecule has 0 saturated carbocycles. The van der Waals surface area contributed by atoms with E-state index in [1.165, 1.54) is 0 Å². The fraction of sp³-hybridized carbons (Fsp3) is 0.143. The molecule has 0 aliphatic carbocycles. The highest BCUT2D eigenvalue weighted by atomic mass is 79.9. The zero-order valence-electron chi connectivity index (χ0n) is 9.80. The maximum atomic E-state index is 13.7. The summed E-state index contributed by atoms with van der Waals surface area (Å²) in [6, 6.07) is 9.96. The number of rotatable bonds is 4.